The average molecular weight is 346 g/mol. The Bertz CT molecular complexity index is 645. The van der Waals surface area contributed by atoms with E-state index in [9.17, 15) is 10.1 Å². The third kappa shape index (κ3) is 4.83. The number of rotatable bonds is 7. The van der Waals surface area contributed by atoms with Gasteiger partial charge in [-0.05, 0) is 51.1 Å². The molecule has 1 aliphatic rings. The predicted molar refractivity (Wildman–Crippen MR) is 98.6 cm³/mol. The highest BCUT2D eigenvalue weighted by atomic mass is 16.5. The van der Waals surface area contributed by atoms with Crippen LogP contribution < -0.4 is 5.32 Å². The maximum atomic E-state index is 12.6. The van der Waals surface area contributed by atoms with Gasteiger partial charge in [-0.25, -0.2) is 0 Å². The first-order valence-electron chi connectivity index (χ1n) is 9.08. The van der Waals surface area contributed by atoms with Gasteiger partial charge in [-0.15, -0.1) is 0 Å². The molecule has 0 bridgehead atoms. The van der Waals surface area contributed by atoms with E-state index in [1.807, 2.05) is 18.4 Å². The van der Waals surface area contributed by atoms with Crippen molar-refractivity contribution in [2.24, 2.45) is 5.92 Å². The summed E-state index contributed by atoms with van der Waals surface area (Å²) in [5.74, 6) is 1.22. The Balaban J connectivity index is 2.12. The molecule has 0 aliphatic carbocycles. The second-order valence-corrected chi connectivity index (χ2v) is 7.07. The van der Waals surface area contributed by atoms with Crippen LogP contribution in [0.25, 0.3) is 0 Å². The minimum absolute atomic E-state index is 0.0453. The van der Waals surface area contributed by atoms with Crippen molar-refractivity contribution in [2.45, 2.75) is 46.6 Å². The largest absolute Gasteiger partial charge is 0.385 e. The third-order valence-electron chi connectivity index (χ3n) is 5.04. The topological polar surface area (TPSA) is 70.3 Å². The van der Waals surface area contributed by atoms with Gasteiger partial charge in [0, 0.05) is 32.5 Å². The van der Waals surface area contributed by atoms with Crippen molar-refractivity contribution in [2.75, 3.05) is 38.7 Å². The summed E-state index contributed by atoms with van der Waals surface area (Å²) in [5.41, 5.74) is 2.52. The first-order valence-corrected chi connectivity index (χ1v) is 9.08. The highest BCUT2D eigenvalue weighted by molar-refractivity contribution is 5.93. The smallest absolute Gasteiger partial charge is 0.239 e. The summed E-state index contributed by atoms with van der Waals surface area (Å²) in [6.07, 6.45) is 3.21. The van der Waals surface area contributed by atoms with Crippen LogP contribution in [0.2, 0.25) is 0 Å². The fraction of sp³-hybridized carbons (Fsp3) is 0.684. The van der Waals surface area contributed by atoms with Gasteiger partial charge in [0.2, 0.25) is 5.91 Å². The van der Waals surface area contributed by atoms with Crippen LogP contribution in [0.3, 0.4) is 0 Å². The quantitative estimate of drug-likeness (QED) is 0.771. The highest BCUT2D eigenvalue weighted by Crippen LogP contribution is 2.26. The number of nitriles is 1. The fourth-order valence-electron chi connectivity index (χ4n) is 3.58. The molecule has 6 heteroatoms. The lowest BCUT2D eigenvalue weighted by Crippen LogP contribution is -2.40. The van der Waals surface area contributed by atoms with Crippen molar-refractivity contribution in [1.29, 1.82) is 5.26 Å². The zero-order valence-corrected chi connectivity index (χ0v) is 15.9. The zero-order chi connectivity index (χ0) is 18.4. The van der Waals surface area contributed by atoms with E-state index in [-0.39, 0.29) is 5.91 Å². The summed E-state index contributed by atoms with van der Waals surface area (Å²) >= 11 is 0. The lowest BCUT2D eigenvalue weighted by Gasteiger charge is -2.30. The number of nitrogens with zero attached hydrogens (tertiary/aromatic N) is 3. The summed E-state index contributed by atoms with van der Waals surface area (Å²) in [7, 11) is 1.68. The summed E-state index contributed by atoms with van der Waals surface area (Å²) < 4.78 is 7.16. The molecular formula is C19H30N4O2. The average Bonchev–Trinajstić information content (AvgIpc) is 2.79. The molecular weight excluding hydrogens is 316 g/mol. The van der Waals surface area contributed by atoms with Crippen molar-refractivity contribution < 1.29 is 9.53 Å². The molecule has 0 spiro atoms. The summed E-state index contributed by atoms with van der Waals surface area (Å²) in [6, 6.07) is 2.25. The Hall–Kier alpha value is -1.84. The number of ether oxygens (including phenoxy) is 1. The van der Waals surface area contributed by atoms with Crippen molar-refractivity contribution >= 4 is 11.7 Å². The van der Waals surface area contributed by atoms with E-state index in [0.717, 1.165) is 43.7 Å². The number of nitrogens with one attached hydrogen (secondary N) is 1. The third-order valence-corrected chi connectivity index (χ3v) is 5.04. The Morgan fingerprint density at radius 2 is 2.20 bits per heavy atom. The van der Waals surface area contributed by atoms with Gasteiger partial charge in [-0.1, -0.05) is 6.92 Å². The van der Waals surface area contributed by atoms with Gasteiger partial charge in [-0.3, -0.25) is 9.69 Å². The highest BCUT2D eigenvalue weighted by Gasteiger charge is 2.22. The first-order chi connectivity index (χ1) is 12.0. The van der Waals surface area contributed by atoms with Gasteiger partial charge in [0.1, 0.15) is 11.9 Å². The number of hydrogen-bond acceptors (Lipinski definition) is 4. The van der Waals surface area contributed by atoms with Crippen molar-refractivity contribution in [3.63, 3.8) is 0 Å². The van der Waals surface area contributed by atoms with Crippen LogP contribution >= 0.6 is 0 Å². The molecule has 0 radical (unpaired) electrons. The number of hydrogen-bond donors (Lipinski definition) is 1. The maximum absolute atomic E-state index is 12.6. The van der Waals surface area contributed by atoms with Crippen LogP contribution in [0.1, 0.15) is 43.0 Å². The van der Waals surface area contributed by atoms with E-state index >= 15 is 0 Å². The molecule has 0 saturated carbocycles. The van der Waals surface area contributed by atoms with E-state index < -0.39 is 0 Å². The normalized spacial score (nSPS) is 18.1. The molecule has 1 N–H and O–H groups in total. The van der Waals surface area contributed by atoms with E-state index in [1.54, 1.807) is 7.11 Å². The van der Waals surface area contributed by atoms with Crippen LogP contribution in [-0.4, -0.2) is 48.7 Å². The number of piperidine rings is 1. The van der Waals surface area contributed by atoms with Crippen LogP contribution in [-0.2, 0) is 16.1 Å². The Kier molecular flexibility index (Phi) is 7.03. The molecule has 1 saturated heterocycles. The van der Waals surface area contributed by atoms with Gasteiger partial charge in [0.25, 0.3) is 0 Å². The molecule has 1 aliphatic heterocycles. The Morgan fingerprint density at radius 1 is 1.44 bits per heavy atom. The van der Waals surface area contributed by atoms with E-state index in [0.29, 0.717) is 30.5 Å². The molecule has 1 aromatic rings. The van der Waals surface area contributed by atoms with Crippen LogP contribution in [0.5, 0.6) is 0 Å². The molecule has 1 aromatic heterocycles. The molecule has 1 fully saturated rings. The molecule has 2 rings (SSSR count). The summed E-state index contributed by atoms with van der Waals surface area (Å²) in [4.78, 5) is 14.8. The molecule has 0 aromatic carbocycles. The lowest BCUT2D eigenvalue weighted by atomic mass is 10.0. The van der Waals surface area contributed by atoms with Gasteiger partial charge < -0.3 is 14.6 Å². The number of carbonyl (C=O) groups excluding carboxylic acids is 1. The number of amides is 1. The van der Waals surface area contributed by atoms with Crippen molar-refractivity contribution in [3.05, 3.63) is 16.8 Å². The fourth-order valence-corrected chi connectivity index (χ4v) is 3.58. The van der Waals surface area contributed by atoms with Gasteiger partial charge in [0.05, 0.1) is 12.1 Å². The summed E-state index contributed by atoms with van der Waals surface area (Å²) in [6.45, 7) is 9.84. The number of carbonyl (C=O) groups is 1. The second-order valence-electron chi connectivity index (χ2n) is 7.07. The van der Waals surface area contributed by atoms with Crippen LogP contribution in [0.15, 0.2) is 0 Å². The molecule has 138 valence electrons. The molecule has 1 atom stereocenters. The number of likely N-dealkylation sites (tertiary alicyclic amines) is 1. The van der Waals surface area contributed by atoms with Gasteiger partial charge >= 0.3 is 0 Å². The van der Waals surface area contributed by atoms with E-state index in [2.05, 4.69) is 23.2 Å². The number of anilines is 1. The number of aromatic nitrogens is 1. The Morgan fingerprint density at radius 3 is 2.84 bits per heavy atom. The van der Waals surface area contributed by atoms with Crippen LogP contribution in [0.4, 0.5) is 5.82 Å². The minimum Gasteiger partial charge on any atom is -0.385 e. The molecule has 6 nitrogen and oxygen atoms in total. The van der Waals surface area contributed by atoms with E-state index in [1.165, 1.54) is 6.42 Å². The van der Waals surface area contributed by atoms with Gasteiger partial charge in [-0.2, -0.15) is 5.26 Å². The minimum atomic E-state index is -0.0453. The van der Waals surface area contributed by atoms with E-state index in [4.69, 9.17) is 4.74 Å². The summed E-state index contributed by atoms with van der Waals surface area (Å²) in [5, 5.41) is 12.5. The Labute approximate surface area is 150 Å². The van der Waals surface area contributed by atoms with Crippen molar-refractivity contribution in [3.8, 4) is 6.07 Å². The second kappa shape index (κ2) is 9.02. The molecule has 1 amide bonds. The molecule has 2 heterocycles. The van der Waals surface area contributed by atoms with Crippen LogP contribution in [0, 0.1) is 31.1 Å². The van der Waals surface area contributed by atoms with Crippen molar-refractivity contribution in [1.82, 2.24) is 9.47 Å². The maximum Gasteiger partial charge on any atom is 0.239 e. The molecule has 25 heavy (non-hydrogen) atoms. The number of methoxy groups -OCH3 is 1. The first kappa shape index (κ1) is 19.5. The monoisotopic (exact) mass is 346 g/mol. The zero-order valence-electron chi connectivity index (χ0n) is 15.9. The van der Waals surface area contributed by atoms with Gasteiger partial charge in [0.15, 0.2) is 0 Å². The molecule has 0 unspecified atom stereocenters. The predicted octanol–water partition coefficient (Wildman–Crippen LogP) is 2.68. The SMILES string of the molecule is COCCCn1c(C)c(C)c(C#N)c1NC(=O)CN1CCC[C@@H](C)C1. The standard InChI is InChI=1S/C19H30N4O2/c1-14-7-5-8-22(12-14)13-18(24)21-19-17(11-20)15(2)16(3)23(19)9-6-10-25-4/h14H,5-10,12-13H2,1-4H3,(H,21,24)/t14-/m1/s1. The lowest BCUT2D eigenvalue weighted by molar-refractivity contribution is -0.117.